The molecule has 0 radical (unpaired) electrons. The Kier molecular flexibility index (Phi) is 6.22. The van der Waals surface area contributed by atoms with Crippen LogP contribution >= 0.6 is 0 Å². The molecule has 1 aromatic carbocycles. The van der Waals surface area contributed by atoms with E-state index in [2.05, 4.69) is 12.2 Å². The summed E-state index contributed by atoms with van der Waals surface area (Å²) < 4.78 is 5.07. The molecule has 3 atom stereocenters. The number of carbonyl (C=O) groups excluding carboxylic acids is 2. The maximum Gasteiger partial charge on any atom is 0.252 e. The van der Waals surface area contributed by atoms with Crippen molar-refractivity contribution in [2.45, 2.75) is 45.6 Å². The summed E-state index contributed by atoms with van der Waals surface area (Å²) in [5.74, 6) is 0.471. The number of ketones is 1. The molecule has 25 heavy (non-hydrogen) atoms. The number of methoxy groups -OCH3 is 1. The van der Waals surface area contributed by atoms with E-state index < -0.39 is 11.5 Å². The van der Waals surface area contributed by atoms with E-state index in [1.807, 2.05) is 13.8 Å². The molecule has 5 heteroatoms. The van der Waals surface area contributed by atoms with Crippen LogP contribution in [0.25, 0.3) is 0 Å². The number of benzene rings is 1. The quantitative estimate of drug-likeness (QED) is 0.776. The van der Waals surface area contributed by atoms with Crippen LogP contribution < -0.4 is 10.1 Å². The van der Waals surface area contributed by atoms with Crippen molar-refractivity contribution in [3.8, 4) is 5.75 Å². The highest BCUT2D eigenvalue weighted by Gasteiger charge is 2.48. The molecule has 2 rings (SSSR count). The number of ether oxygens (including phenoxy) is 1. The molecule has 1 fully saturated rings. The highest BCUT2D eigenvalue weighted by Crippen LogP contribution is 2.41. The first-order valence-electron chi connectivity index (χ1n) is 8.96. The highest BCUT2D eigenvalue weighted by molar-refractivity contribution is 6.00. The Balaban J connectivity index is 2.02. The molecule has 1 aliphatic carbocycles. The summed E-state index contributed by atoms with van der Waals surface area (Å²) in [4.78, 5) is 25.0. The van der Waals surface area contributed by atoms with E-state index in [1.54, 1.807) is 31.4 Å². The van der Waals surface area contributed by atoms with Crippen molar-refractivity contribution < 1.29 is 19.4 Å². The van der Waals surface area contributed by atoms with Crippen molar-refractivity contribution in [3.05, 3.63) is 29.8 Å². The normalized spacial score (nSPS) is 26.3. The molecule has 1 aromatic rings. The molecule has 138 valence electrons. The van der Waals surface area contributed by atoms with Crippen LogP contribution in [-0.4, -0.2) is 36.1 Å². The Morgan fingerprint density at radius 3 is 2.48 bits per heavy atom. The molecule has 0 aliphatic heterocycles. The second-order valence-electron chi connectivity index (χ2n) is 7.50. The standard InChI is InChI=1S/C20H29NO4/c1-13(2)17-10-5-14(3)11-20(17,24)19(23)21-12-18(22)15-6-8-16(25-4)9-7-15/h6-9,13-14,17,24H,5,10-12H2,1-4H3,(H,21,23). The summed E-state index contributed by atoms with van der Waals surface area (Å²) in [5.41, 5.74) is -0.892. The number of hydrogen-bond donors (Lipinski definition) is 2. The molecule has 3 unspecified atom stereocenters. The number of hydrogen-bond acceptors (Lipinski definition) is 4. The Hall–Kier alpha value is -1.88. The third-order valence-corrected chi connectivity index (χ3v) is 5.26. The summed E-state index contributed by atoms with van der Waals surface area (Å²) in [6, 6.07) is 6.75. The summed E-state index contributed by atoms with van der Waals surface area (Å²) in [6.45, 7) is 5.99. The SMILES string of the molecule is COc1ccc(C(=O)CNC(=O)C2(O)CC(C)CCC2C(C)C)cc1. The molecular weight excluding hydrogens is 318 g/mol. The smallest absolute Gasteiger partial charge is 0.252 e. The topological polar surface area (TPSA) is 75.6 Å². The molecule has 5 nitrogen and oxygen atoms in total. The molecule has 1 amide bonds. The van der Waals surface area contributed by atoms with Crippen LogP contribution in [0.5, 0.6) is 5.75 Å². The van der Waals surface area contributed by atoms with E-state index in [1.165, 1.54) is 0 Å². The van der Waals surface area contributed by atoms with Crippen LogP contribution in [0.4, 0.5) is 0 Å². The minimum absolute atomic E-state index is 0.0835. The van der Waals surface area contributed by atoms with Crippen molar-refractivity contribution in [2.75, 3.05) is 13.7 Å². The van der Waals surface area contributed by atoms with E-state index >= 15 is 0 Å². The maximum absolute atomic E-state index is 12.7. The predicted molar refractivity (Wildman–Crippen MR) is 96.6 cm³/mol. The van der Waals surface area contributed by atoms with E-state index in [0.717, 1.165) is 12.8 Å². The molecular formula is C20H29NO4. The summed E-state index contributed by atoms with van der Waals surface area (Å²) in [5, 5.41) is 13.7. The van der Waals surface area contributed by atoms with Gasteiger partial charge in [-0.25, -0.2) is 0 Å². The van der Waals surface area contributed by atoms with Crippen LogP contribution in [-0.2, 0) is 4.79 Å². The average Bonchev–Trinajstić information content (AvgIpc) is 2.58. The largest absolute Gasteiger partial charge is 0.497 e. The van der Waals surface area contributed by atoms with Gasteiger partial charge in [0.1, 0.15) is 11.4 Å². The van der Waals surface area contributed by atoms with Crippen LogP contribution in [0.1, 0.15) is 50.4 Å². The van der Waals surface area contributed by atoms with Gasteiger partial charge >= 0.3 is 0 Å². The Labute approximate surface area is 149 Å². The molecule has 0 saturated heterocycles. The fourth-order valence-corrected chi connectivity index (χ4v) is 3.83. The monoisotopic (exact) mass is 347 g/mol. The lowest BCUT2D eigenvalue weighted by atomic mass is 9.66. The molecule has 0 heterocycles. The lowest BCUT2D eigenvalue weighted by molar-refractivity contribution is -0.155. The van der Waals surface area contributed by atoms with Gasteiger partial charge in [0.2, 0.25) is 0 Å². The van der Waals surface area contributed by atoms with Gasteiger partial charge in [-0.1, -0.05) is 27.2 Å². The van der Waals surface area contributed by atoms with Gasteiger partial charge in [0.15, 0.2) is 5.78 Å². The van der Waals surface area contributed by atoms with E-state index in [-0.39, 0.29) is 24.2 Å². The van der Waals surface area contributed by atoms with Crippen molar-refractivity contribution >= 4 is 11.7 Å². The molecule has 2 N–H and O–H groups in total. The van der Waals surface area contributed by atoms with Gasteiger partial charge in [-0.2, -0.15) is 0 Å². The van der Waals surface area contributed by atoms with E-state index in [0.29, 0.717) is 23.7 Å². The molecule has 1 saturated carbocycles. The number of carbonyl (C=O) groups is 2. The van der Waals surface area contributed by atoms with Gasteiger partial charge in [-0.05, 0) is 54.9 Å². The number of nitrogens with one attached hydrogen (secondary N) is 1. The average molecular weight is 347 g/mol. The second-order valence-corrected chi connectivity index (χ2v) is 7.50. The minimum Gasteiger partial charge on any atom is -0.497 e. The Morgan fingerprint density at radius 1 is 1.28 bits per heavy atom. The molecule has 0 bridgehead atoms. The van der Waals surface area contributed by atoms with Gasteiger partial charge in [0.05, 0.1) is 13.7 Å². The van der Waals surface area contributed by atoms with Crippen molar-refractivity contribution in [1.29, 1.82) is 0 Å². The maximum atomic E-state index is 12.7. The number of rotatable bonds is 6. The zero-order valence-corrected chi connectivity index (χ0v) is 15.5. The fraction of sp³-hybridized carbons (Fsp3) is 0.600. The van der Waals surface area contributed by atoms with Crippen molar-refractivity contribution in [2.24, 2.45) is 17.8 Å². The lowest BCUT2D eigenvalue weighted by Crippen LogP contribution is -2.56. The van der Waals surface area contributed by atoms with Crippen LogP contribution in [0.3, 0.4) is 0 Å². The minimum atomic E-state index is -1.40. The highest BCUT2D eigenvalue weighted by atomic mass is 16.5. The lowest BCUT2D eigenvalue weighted by Gasteiger charge is -2.43. The van der Waals surface area contributed by atoms with Gasteiger partial charge in [0, 0.05) is 5.56 Å². The zero-order chi connectivity index (χ0) is 18.6. The number of aliphatic hydroxyl groups is 1. The molecule has 0 spiro atoms. The van der Waals surface area contributed by atoms with E-state index in [9.17, 15) is 14.7 Å². The van der Waals surface area contributed by atoms with Crippen molar-refractivity contribution in [1.82, 2.24) is 5.32 Å². The predicted octanol–water partition coefficient (Wildman–Crippen LogP) is 2.82. The van der Waals surface area contributed by atoms with Crippen LogP contribution in [0, 0.1) is 17.8 Å². The second kappa shape index (κ2) is 8.00. The van der Waals surface area contributed by atoms with Crippen molar-refractivity contribution in [3.63, 3.8) is 0 Å². The van der Waals surface area contributed by atoms with Gasteiger partial charge in [-0.15, -0.1) is 0 Å². The Morgan fingerprint density at radius 2 is 1.92 bits per heavy atom. The van der Waals surface area contributed by atoms with E-state index in [4.69, 9.17) is 4.74 Å². The summed E-state index contributed by atoms with van der Waals surface area (Å²) >= 11 is 0. The van der Waals surface area contributed by atoms with Crippen LogP contribution in [0.15, 0.2) is 24.3 Å². The van der Waals surface area contributed by atoms with Gasteiger partial charge < -0.3 is 15.2 Å². The Bertz CT molecular complexity index is 611. The summed E-state index contributed by atoms with van der Waals surface area (Å²) in [6.07, 6.45) is 2.29. The first kappa shape index (κ1) is 19.4. The zero-order valence-electron chi connectivity index (χ0n) is 15.5. The fourth-order valence-electron chi connectivity index (χ4n) is 3.83. The van der Waals surface area contributed by atoms with Gasteiger partial charge in [0.25, 0.3) is 5.91 Å². The van der Waals surface area contributed by atoms with Gasteiger partial charge in [-0.3, -0.25) is 9.59 Å². The number of amides is 1. The number of Topliss-reactive ketones (excluding diaryl/α,β-unsaturated/α-hetero) is 1. The molecule has 0 aromatic heterocycles. The third-order valence-electron chi connectivity index (χ3n) is 5.26. The summed E-state index contributed by atoms with van der Waals surface area (Å²) in [7, 11) is 1.56. The molecule has 1 aliphatic rings. The van der Waals surface area contributed by atoms with Crippen LogP contribution in [0.2, 0.25) is 0 Å². The first-order chi connectivity index (χ1) is 11.8. The third kappa shape index (κ3) is 4.40. The first-order valence-corrected chi connectivity index (χ1v) is 8.96.